The number of nitrogens with zero attached hydrogens (tertiary/aromatic N) is 1. The molecule has 0 fully saturated rings. The van der Waals surface area contributed by atoms with Crippen molar-refractivity contribution in [2.45, 2.75) is 39.2 Å². The third kappa shape index (κ3) is 6.20. The SMILES string of the molecule is CCNC(=NCCc1ccc(O)c(OC)c1)NC(C)C(C)c1ccccc1. The molecular formula is C22H31N3O2. The van der Waals surface area contributed by atoms with Gasteiger partial charge in [0.1, 0.15) is 0 Å². The molecule has 0 saturated heterocycles. The zero-order chi connectivity index (χ0) is 19.6. The highest BCUT2D eigenvalue weighted by Crippen LogP contribution is 2.26. The Morgan fingerprint density at radius 1 is 1.15 bits per heavy atom. The first kappa shape index (κ1) is 20.6. The molecule has 0 aliphatic heterocycles. The zero-order valence-electron chi connectivity index (χ0n) is 16.7. The first-order valence-corrected chi connectivity index (χ1v) is 9.50. The van der Waals surface area contributed by atoms with E-state index in [1.807, 2.05) is 18.2 Å². The van der Waals surface area contributed by atoms with Crippen molar-refractivity contribution in [1.29, 1.82) is 0 Å². The van der Waals surface area contributed by atoms with Crippen LogP contribution in [0.5, 0.6) is 11.5 Å². The molecule has 27 heavy (non-hydrogen) atoms. The number of guanidine groups is 1. The Morgan fingerprint density at radius 2 is 1.89 bits per heavy atom. The van der Waals surface area contributed by atoms with Gasteiger partial charge in [-0.3, -0.25) is 4.99 Å². The number of hydrogen-bond donors (Lipinski definition) is 3. The summed E-state index contributed by atoms with van der Waals surface area (Å²) in [5.41, 5.74) is 2.39. The molecule has 5 heteroatoms. The molecule has 2 aromatic carbocycles. The van der Waals surface area contributed by atoms with E-state index in [4.69, 9.17) is 9.73 Å². The lowest BCUT2D eigenvalue weighted by atomic mass is 9.94. The van der Waals surface area contributed by atoms with E-state index in [2.05, 4.69) is 55.7 Å². The van der Waals surface area contributed by atoms with Crippen molar-refractivity contribution in [1.82, 2.24) is 10.6 Å². The smallest absolute Gasteiger partial charge is 0.191 e. The average molecular weight is 370 g/mol. The molecule has 2 atom stereocenters. The van der Waals surface area contributed by atoms with Gasteiger partial charge in [0.2, 0.25) is 0 Å². The Morgan fingerprint density at radius 3 is 2.56 bits per heavy atom. The Hall–Kier alpha value is -2.69. The highest BCUT2D eigenvalue weighted by Gasteiger charge is 2.15. The van der Waals surface area contributed by atoms with Gasteiger partial charge in [0.05, 0.1) is 7.11 Å². The standard InChI is InChI=1S/C22H31N3O2/c1-5-23-22(25-17(3)16(2)19-9-7-6-8-10-19)24-14-13-18-11-12-20(26)21(15-18)27-4/h6-12,15-17,26H,5,13-14H2,1-4H3,(H2,23,24,25). The Kier molecular flexibility index (Phi) is 7.99. The second-order valence-corrected chi connectivity index (χ2v) is 6.65. The molecule has 0 aliphatic carbocycles. The topological polar surface area (TPSA) is 65.9 Å². The van der Waals surface area contributed by atoms with Crippen LogP contribution in [-0.4, -0.2) is 37.3 Å². The van der Waals surface area contributed by atoms with E-state index in [9.17, 15) is 5.11 Å². The summed E-state index contributed by atoms with van der Waals surface area (Å²) in [6, 6.07) is 16.2. The summed E-state index contributed by atoms with van der Waals surface area (Å²) in [4.78, 5) is 4.69. The van der Waals surface area contributed by atoms with E-state index in [1.165, 1.54) is 5.56 Å². The number of rotatable bonds is 8. The molecule has 146 valence electrons. The van der Waals surface area contributed by atoms with E-state index < -0.39 is 0 Å². The number of methoxy groups -OCH3 is 1. The van der Waals surface area contributed by atoms with E-state index in [-0.39, 0.29) is 11.8 Å². The van der Waals surface area contributed by atoms with Gasteiger partial charge in [-0.15, -0.1) is 0 Å². The van der Waals surface area contributed by atoms with Gasteiger partial charge < -0.3 is 20.5 Å². The number of benzene rings is 2. The number of phenolic OH excluding ortho intramolecular Hbond substituents is 1. The van der Waals surface area contributed by atoms with Crippen LogP contribution in [0.25, 0.3) is 0 Å². The molecule has 0 bridgehead atoms. The Balaban J connectivity index is 1.97. The lowest BCUT2D eigenvalue weighted by Crippen LogP contribution is -2.44. The van der Waals surface area contributed by atoms with Gasteiger partial charge >= 0.3 is 0 Å². The van der Waals surface area contributed by atoms with Crippen molar-refractivity contribution in [2.75, 3.05) is 20.2 Å². The summed E-state index contributed by atoms with van der Waals surface area (Å²) in [7, 11) is 1.56. The summed E-state index contributed by atoms with van der Waals surface area (Å²) >= 11 is 0. The summed E-state index contributed by atoms with van der Waals surface area (Å²) in [6.07, 6.45) is 0.774. The Bertz CT molecular complexity index is 732. The van der Waals surface area contributed by atoms with Crippen molar-refractivity contribution in [3.05, 3.63) is 59.7 Å². The number of hydrogen-bond acceptors (Lipinski definition) is 3. The van der Waals surface area contributed by atoms with Crippen LogP contribution < -0.4 is 15.4 Å². The second-order valence-electron chi connectivity index (χ2n) is 6.65. The van der Waals surface area contributed by atoms with Crippen molar-refractivity contribution in [2.24, 2.45) is 4.99 Å². The van der Waals surface area contributed by atoms with Gasteiger partial charge in [0.25, 0.3) is 0 Å². The molecule has 2 aromatic rings. The van der Waals surface area contributed by atoms with Gasteiger partial charge in [-0.25, -0.2) is 0 Å². The lowest BCUT2D eigenvalue weighted by molar-refractivity contribution is 0.373. The first-order valence-electron chi connectivity index (χ1n) is 9.50. The van der Waals surface area contributed by atoms with E-state index in [1.54, 1.807) is 13.2 Å². The summed E-state index contributed by atoms with van der Waals surface area (Å²) in [5, 5.41) is 16.5. The number of phenols is 1. The third-order valence-corrected chi connectivity index (χ3v) is 4.70. The van der Waals surface area contributed by atoms with Gasteiger partial charge in [0.15, 0.2) is 17.5 Å². The summed E-state index contributed by atoms with van der Waals surface area (Å²) < 4.78 is 5.16. The molecular weight excluding hydrogens is 338 g/mol. The number of aliphatic imine (C=N–C) groups is 1. The Labute approximate surface area is 162 Å². The lowest BCUT2D eigenvalue weighted by Gasteiger charge is -2.24. The largest absolute Gasteiger partial charge is 0.504 e. The van der Waals surface area contributed by atoms with E-state index in [0.29, 0.717) is 18.2 Å². The molecule has 2 rings (SSSR count). The van der Waals surface area contributed by atoms with Gasteiger partial charge in [-0.1, -0.05) is 43.3 Å². The average Bonchev–Trinajstić information content (AvgIpc) is 2.69. The highest BCUT2D eigenvalue weighted by molar-refractivity contribution is 5.80. The predicted octanol–water partition coefficient (Wildman–Crippen LogP) is 3.69. The van der Waals surface area contributed by atoms with Crippen LogP contribution in [0.15, 0.2) is 53.5 Å². The molecule has 0 aliphatic rings. The maximum atomic E-state index is 9.69. The quantitative estimate of drug-likeness (QED) is 0.490. The van der Waals surface area contributed by atoms with Crippen molar-refractivity contribution in [3.8, 4) is 11.5 Å². The molecule has 2 unspecified atom stereocenters. The minimum Gasteiger partial charge on any atom is -0.504 e. The molecule has 0 amide bonds. The van der Waals surface area contributed by atoms with Crippen LogP contribution in [-0.2, 0) is 6.42 Å². The summed E-state index contributed by atoms with van der Waals surface area (Å²) in [5.74, 6) is 1.84. The minimum atomic E-state index is 0.156. The van der Waals surface area contributed by atoms with Crippen LogP contribution >= 0.6 is 0 Å². The van der Waals surface area contributed by atoms with E-state index >= 15 is 0 Å². The normalized spacial score (nSPS) is 13.7. The highest BCUT2D eigenvalue weighted by atomic mass is 16.5. The molecule has 3 N–H and O–H groups in total. The van der Waals surface area contributed by atoms with Crippen molar-refractivity contribution >= 4 is 5.96 Å². The van der Waals surface area contributed by atoms with E-state index in [0.717, 1.165) is 24.5 Å². The molecule has 0 radical (unpaired) electrons. The zero-order valence-corrected chi connectivity index (χ0v) is 16.7. The van der Waals surface area contributed by atoms with Gasteiger partial charge in [0, 0.05) is 25.0 Å². The second kappa shape index (κ2) is 10.5. The van der Waals surface area contributed by atoms with Gasteiger partial charge in [-0.2, -0.15) is 0 Å². The number of aromatic hydroxyl groups is 1. The van der Waals surface area contributed by atoms with Crippen LogP contribution in [0.1, 0.15) is 37.8 Å². The van der Waals surface area contributed by atoms with Crippen LogP contribution in [0.2, 0.25) is 0 Å². The fourth-order valence-electron chi connectivity index (χ4n) is 2.88. The number of nitrogens with one attached hydrogen (secondary N) is 2. The molecule has 0 spiro atoms. The fraction of sp³-hybridized carbons (Fsp3) is 0.409. The first-order chi connectivity index (χ1) is 13.0. The fourth-order valence-corrected chi connectivity index (χ4v) is 2.88. The van der Waals surface area contributed by atoms with Crippen LogP contribution in [0, 0.1) is 0 Å². The monoisotopic (exact) mass is 369 g/mol. The third-order valence-electron chi connectivity index (χ3n) is 4.70. The summed E-state index contributed by atoms with van der Waals surface area (Å²) in [6.45, 7) is 7.92. The molecule has 0 saturated carbocycles. The minimum absolute atomic E-state index is 0.156. The number of ether oxygens (including phenoxy) is 1. The predicted molar refractivity (Wildman–Crippen MR) is 112 cm³/mol. The molecule has 0 heterocycles. The molecule has 5 nitrogen and oxygen atoms in total. The van der Waals surface area contributed by atoms with Crippen LogP contribution in [0.4, 0.5) is 0 Å². The van der Waals surface area contributed by atoms with Gasteiger partial charge in [-0.05, 0) is 43.5 Å². The maximum Gasteiger partial charge on any atom is 0.191 e. The van der Waals surface area contributed by atoms with Crippen molar-refractivity contribution < 1.29 is 9.84 Å². The maximum absolute atomic E-state index is 9.69. The van der Waals surface area contributed by atoms with Crippen molar-refractivity contribution in [3.63, 3.8) is 0 Å². The molecule has 0 aromatic heterocycles. The van der Waals surface area contributed by atoms with Crippen LogP contribution in [0.3, 0.4) is 0 Å².